The summed E-state index contributed by atoms with van der Waals surface area (Å²) in [6.45, 7) is 1.51. The van der Waals surface area contributed by atoms with Crippen molar-refractivity contribution >= 4 is 16.7 Å². The number of pyridine rings is 1. The van der Waals surface area contributed by atoms with Crippen molar-refractivity contribution < 1.29 is 31.1 Å². The third-order valence-corrected chi connectivity index (χ3v) is 4.85. The Morgan fingerprint density at radius 1 is 1.00 bits per heavy atom. The van der Waals surface area contributed by atoms with Crippen LogP contribution in [0.3, 0.4) is 0 Å². The van der Waals surface area contributed by atoms with Gasteiger partial charge in [0.05, 0.1) is 17.0 Å². The molecule has 0 aliphatic rings. The number of amides is 1. The average molecular weight is 428 g/mol. The summed E-state index contributed by atoms with van der Waals surface area (Å²) in [4.78, 5) is 28.1. The maximum absolute atomic E-state index is 13.8. The van der Waals surface area contributed by atoms with Gasteiger partial charge in [-0.1, -0.05) is 0 Å². The minimum absolute atomic E-state index is 0.0587. The van der Waals surface area contributed by atoms with Crippen molar-refractivity contribution in [2.24, 2.45) is 0 Å². The maximum atomic E-state index is 13.8. The first-order valence-electron chi connectivity index (χ1n) is 8.56. The van der Waals surface area contributed by atoms with Crippen molar-refractivity contribution in [1.29, 1.82) is 0 Å². The third-order valence-electron chi connectivity index (χ3n) is 4.85. The Morgan fingerprint density at radius 2 is 1.60 bits per heavy atom. The number of aromatic amines is 1. The van der Waals surface area contributed by atoms with Crippen LogP contribution >= 0.6 is 0 Å². The molecule has 1 N–H and O–H groups in total. The Hall–Kier alpha value is -3.30. The molecule has 4 nitrogen and oxygen atoms in total. The molecule has 1 heterocycles. The fourth-order valence-corrected chi connectivity index (χ4v) is 3.08. The largest absolute Gasteiger partial charge is 0.419 e. The first-order valence-corrected chi connectivity index (χ1v) is 8.56. The van der Waals surface area contributed by atoms with Gasteiger partial charge in [-0.25, -0.2) is 13.2 Å². The second kappa shape index (κ2) is 7.51. The zero-order valence-electron chi connectivity index (χ0n) is 15.6. The molecular weight excluding hydrogens is 414 g/mol. The molecule has 0 spiro atoms. The van der Waals surface area contributed by atoms with Crippen LogP contribution in [0.1, 0.15) is 34.5 Å². The standard InChI is InChI=1S/C20H14F6N2O2/c1-9(13-8-27-18(29)12-7-17(23)16(22)6-11(12)13)28(2)19(30)10-3-4-14(15(21)5-10)20(24,25)26/h3-9H,1-2H3,(H,27,29)/t9-/m1/s1. The van der Waals surface area contributed by atoms with E-state index in [0.29, 0.717) is 12.1 Å². The van der Waals surface area contributed by atoms with E-state index >= 15 is 0 Å². The normalized spacial score (nSPS) is 12.8. The van der Waals surface area contributed by atoms with Gasteiger partial charge >= 0.3 is 6.18 Å². The maximum Gasteiger partial charge on any atom is 0.419 e. The minimum atomic E-state index is -4.90. The first-order chi connectivity index (χ1) is 13.9. The van der Waals surface area contributed by atoms with Crippen LogP contribution in [0.5, 0.6) is 0 Å². The molecule has 0 saturated heterocycles. The van der Waals surface area contributed by atoms with E-state index in [1.54, 1.807) is 0 Å². The molecular formula is C20H14F6N2O2. The number of nitrogens with one attached hydrogen (secondary N) is 1. The Balaban J connectivity index is 2.00. The van der Waals surface area contributed by atoms with Gasteiger partial charge in [-0.3, -0.25) is 9.59 Å². The topological polar surface area (TPSA) is 53.2 Å². The number of rotatable bonds is 3. The zero-order chi connectivity index (χ0) is 22.4. The smallest absolute Gasteiger partial charge is 0.335 e. The zero-order valence-corrected chi connectivity index (χ0v) is 15.6. The molecule has 0 saturated carbocycles. The van der Waals surface area contributed by atoms with E-state index in [9.17, 15) is 35.9 Å². The molecule has 0 aliphatic heterocycles. The van der Waals surface area contributed by atoms with Gasteiger partial charge in [0.1, 0.15) is 5.82 Å². The number of alkyl halides is 3. The summed E-state index contributed by atoms with van der Waals surface area (Å²) in [6, 6.07) is 2.52. The van der Waals surface area contributed by atoms with Crippen LogP contribution in [0.25, 0.3) is 10.8 Å². The molecule has 0 aliphatic carbocycles. The lowest BCUT2D eigenvalue weighted by molar-refractivity contribution is -0.140. The van der Waals surface area contributed by atoms with Crippen molar-refractivity contribution in [2.45, 2.75) is 19.1 Å². The van der Waals surface area contributed by atoms with Crippen molar-refractivity contribution in [3.05, 3.63) is 81.0 Å². The van der Waals surface area contributed by atoms with Gasteiger partial charge in [-0.05, 0) is 48.2 Å². The summed E-state index contributed by atoms with van der Waals surface area (Å²) < 4.78 is 79.2. The predicted octanol–water partition coefficient (Wildman–Crippen LogP) is 4.80. The van der Waals surface area contributed by atoms with Crippen molar-refractivity contribution in [1.82, 2.24) is 9.88 Å². The molecule has 2 aromatic carbocycles. The second-order valence-corrected chi connectivity index (χ2v) is 6.67. The summed E-state index contributed by atoms with van der Waals surface area (Å²) >= 11 is 0. The summed E-state index contributed by atoms with van der Waals surface area (Å²) in [7, 11) is 1.30. The number of fused-ring (bicyclic) bond motifs is 1. The molecule has 0 fully saturated rings. The van der Waals surface area contributed by atoms with E-state index in [1.807, 2.05) is 0 Å². The van der Waals surface area contributed by atoms with Crippen LogP contribution in [0, 0.1) is 17.5 Å². The molecule has 3 aromatic rings. The number of carbonyl (C=O) groups excluding carboxylic acids is 1. The summed E-state index contributed by atoms with van der Waals surface area (Å²) in [5, 5.41) is -0.0805. The van der Waals surface area contributed by atoms with Gasteiger partial charge in [0.25, 0.3) is 11.5 Å². The highest BCUT2D eigenvalue weighted by atomic mass is 19.4. The SMILES string of the molecule is C[C@H](c1c[nH]c(=O)c2cc(F)c(F)cc12)N(C)C(=O)c1ccc(C(F)(F)F)c(F)c1. The fourth-order valence-electron chi connectivity index (χ4n) is 3.08. The quantitative estimate of drug-likeness (QED) is 0.610. The lowest BCUT2D eigenvalue weighted by Crippen LogP contribution is -2.30. The summed E-state index contributed by atoms with van der Waals surface area (Å²) in [6.07, 6.45) is -3.68. The highest BCUT2D eigenvalue weighted by molar-refractivity contribution is 5.95. The van der Waals surface area contributed by atoms with Crippen LogP contribution in [0.2, 0.25) is 0 Å². The van der Waals surface area contributed by atoms with Gasteiger partial charge in [-0.2, -0.15) is 13.2 Å². The number of halogens is 6. The second-order valence-electron chi connectivity index (χ2n) is 6.67. The molecule has 0 radical (unpaired) electrons. The Labute approximate surface area is 165 Å². The van der Waals surface area contributed by atoms with E-state index in [2.05, 4.69) is 4.98 Å². The number of hydrogen-bond acceptors (Lipinski definition) is 2. The van der Waals surface area contributed by atoms with Crippen molar-refractivity contribution in [3.63, 3.8) is 0 Å². The molecule has 1 aromatic heterocycles. The number of aromatic nitrogens is 1. The van der Waals surface area contributed by atoms with Crippen LogP contribution in [0.15, 0.2) is 41.3 Å². The van der Waals surface area contributed by atoms with E-state index in [1.165, 1.54) is 20.2 Å². The molecule has 10 heteroatoms. The van der Waals surface area contributed by atoms with Crippen LogP contribution in [-0.4, -0.2) is 22.8 Å². The van der Waals surface area contributed by atoms with Crippen LogP contribution in [-0.2, 0) is 6.18 Å². The molecule has 0 unspecified atom stereocenters. The Bertz CT molecular complexity index is 1200. The van der Waals surface area contributed by atoms with E-state index in [-0.39, 0.29) is 21.9 Å². The highest BCUT2D eigenvalue weighted by Crippen LogP contribution is 2.32. The van der Waals surface area contributed by atoms with Gasteiger partial charge in [0, 0.05) is 18.8 Å². The minimum Gasteiger partial charge on any atom is -0.335 e. The van der Waals surface area contributed by atoms with Crippen molar-refractivity contribution in [3.8, 4) is 0 Å². The Kier molecular flexibility index (Phi) is 5.36. The fraction of sp³-hybridized carbons (Fsp3) is 0.200. The van der Waals surface area contributed by atoms with E-state index in [0.717, 1.165) is 23.1 Å². The predicted molar refractivity (Wildman–Crippen MR) is 96.4 cm³/mol. The monoisotopic (exact) mass is 428 g/mol. The van der Waals surface area contributed by atoms with E-state index in [4.69, 9.17) is 0 Å². The molecule has 158 valence electrons. The highest BCUT2D eigenvalue weighted by Gasteiger charge is 2.34. The molecule has 1 atom stereocenters. The number of H-pyrrole nitrogens is 1. The number of nitrogens with zero attached hydrogens (tertiary/aromatic N) is 1. The third kappa shape index (κ3) is 3.77. The van der Waals surface area contributed by atoms with Crippen LogP contribution < -0.4 is 5.56 Å². The number of carbonyl (C=O) groups is 1. The molecule has 1 amide bonds. The molecule has 30 heavy (non-hydrogen) atoms. The summed E-state index contributed by atoms with van der Waals surface area (Å²) in [5.74, 6) is -4.82. The van der Waals surface area contributed by atoms with Crippen LogP contribution in [0.4, 0.5) is 26.3 Å². The number of benzene rings is 2. The first kappa shape index (κ1) is 21.4. The molecule has 0 bridgehead atoms. The lowest BCUT2D eigenvalue weighted by atomic mass is 10.0. The van der Waals surface area contributed by atoms with Gasteiger partial charge in [0.15, 0.2) is 11.6 Å². The molecule has 3 rings (SSSR count). The van der Waals surface area contributed by atoms with Gasteiger partial charge < -0.3 is 9.88 Å². The number of hydrogen-bond donors (Lipinski definition) is 1. The summed E-state index contributed by atoms with van der Waals surface area (Å²) in [5.41, 5.74) is -2.25. The van der Waals surface area contributed by atoms with Gasteiger partial charge in [-0.15, -0.1) is 0 Å². The van der Waals surface area contributed by atoms with Crippen molar-refractivity contribution in [2.75, 3.05) is 7.05 Å². The van der Waals surface area contributed by atoms with Gasteiger partial charge in [0.2, 0.25) is 0 Å². The average Bonchev–Trinajstić information content (AvgIpc) is 2.67. The Morgan fingerprint density at radius 3 is 2.17 bits per heavy atom. The lowest BCUT2D eigenvalue weighted by Gasteiger charge is -2.26. The van der Waals surface area contributed by atoms with E-state index < -0.39 is 46.7 Å².